The molecule has 1 heterocycles. The Labute approximate surface area is 140 Å². The molecule has 0 saturated heterocycles. The van der Waals surface area contributed by atoms with Crippen molar-refractivity contribution in [3.63, 3.8) is 0 Å². The lowest BCUT2D eigenvalue weighted by Crippen LogP contribution is -2.45. The number of hydrogen-bond acceptors (Lipinski definition) is 6. The fourth-order valence-corrected chi connectivity index (χ4v) is 3.08. The van der Waals surface area contributed by atoms with E-state index in [1.54, 1.807) is 0 Å². The summed E-state index contributed by atoms with van der Waals surface area (Å²) in [6, 6.07) is 6.07. The van der Waals surface area contributed by atoms with Crippen molar-refractivity contribution in [2.24, 2.45) is 21.6 Å². The van der Waals surface area contributed by atoms with Crippen LogP contribution in [-0.2, 0) is 9.53 Å². The molecule has 2 rings (SSSR count). The smallest absolute Gasteiger partial charge is 0.232 e. The molecular formula is C16H22N4O2S. The van der Waals surface area contributed by atoms with Crippen LogP contribution in [0.3, 0.4) is 0 Å². The summed E-state index contributed by atoms with van der Waals surface area (Å²) in [6.07, 6.45) is -0.660. The Hall–Kier alpha value is -1.86. The number of aliphatic imine (C=N–C) groups is 2. The third kappa shape index (κ3) is 4.33. The zero-order valence-corrected chi connectivity index (χ0v) is 14.6. The number of carbonyl (C=O) groups is 1. The number of nitrogens with one attached hydrogen (secondary N) is 1. The van der Waals surface area contributed by atoms with Crippen LogP contribution in [0.15, 0.2) is 28.2 Å². The maximum atomic E-state index is 11.9. The molecule has 0 fully saturated rings. The summed E-state index contributed by atoms with van der Waals surface area (Å²) >= 11 is 1.50. The Morgan fingerprint density at radius 3 is 2.52 bits per heavy atom. The van der Waals surface area contributed by atoms with Crippen molar-refractivity contribution >= 4 is 34.4 Å². The van der Waals surface area contributed by atoms with Gasteiger partial charge in [0.15, 0.2) is 11.4 Å². The van der Waals surface area contributed by atoms with Gasteiger partial charge in [-0.1, -0.05) is 24.8 Å². The summed E-state index contributed by atoms with van der Waals surface area (Å²) in [5, 5.41) is 3.81. The molecule has 1 aliphatic rings. The first-order valence-corrected chi connectivity index (χ1v) is 8.39. The number of carbonyl (C=O) groups excluding carboxylic acids is 1. The van der Waals surface area contributed by atoms with E-state index in [-0.39, 0.29) is 0 Å². The predicted octanol–water partition coefficient (Wildman–Crippen LogP) is 2.31. The van der Waals surface area contributed by atoms with Crippen molar-refractivity contribution in [3.8, 4) is 0 Å². The second-order valence-electron chi connectivity index (χ2n) is 5.35. The number of methoxy groups -OCH3 is 1. The Morgan fingerprint density at radius 2 is 2.00 bits per heavy atom. The second kappa shape index (κ2) is 7.61. The fourth-order valence-electron chi connectivity index (χ4n) is 2.48. The largest absolute Gasteiger partial charge is 0.369 e. The average Bonchev–Trinajstić information content (AvgIpc) is 2.45. The molecule has 0 aliphatic carbocycles. The molecule has 3 N–H and O–H groups in total. The van der Waals surface area contributed by atoms with Crippen LogP contribution in [0.2, 0.25) is 0 Å². The number of amidine groups is 2. The molecule has 1 aliphatic heterocycles. The van der Waals surface area contributed by atoms with Crippen LogP contribution in [0.1, 0.15) is 18.1 Å². The van der Waals surface area contributed by atoms with Gasteiger partial charge in [-0.3, -0.25) is 4.79 Å². The summed E-state index contributed by atoms with van der Waals surface area (Å²) in [6.45, 7) is 6.05. The highest BCUT2D eigenvalue weighted by molar-refractivity contribution is 8.13. The number of hydrogen-bond donors (Lipinski definition) is 2. The Balaban J connectivity index is 2.37. The first-order chi connectivity index (χ1) is 10.9. The van der Waals surface area contributed by atoms with Crippen molar-refractivity contribution in [2.75, 3.05) is 18.2 Å². The van der Waals surface area contributed by atoms with E-state index in [1.807, 2.05) is 32.9 Å². The lowest BCUT2D eigenvalue weighted by Gasteiger charge is -2.26. The predicted molar refractivity (Wildman–Crippen MR) is 96.0 cm³/mol. The highest BCUT2D eigenvalue weighted by atomic mass is 32.2. The zero-order valence-electron chi connectivity index (χ0n) is 13.8. The topological polar surface area (TPSA) is 89.1 Å². The summed E-state index contributed by atoms with van der Waals surface area (Å²) in [5.41, 5.74) is 8.66. The molecule has 6 nitrogen and oxygen atoms in total. The third-order valence-corrected chi connectivity index (χ3v) is 4.09. The molecule has 2 atom stereocenters. The molecule has 2 unspecified atom stereocenters. The van der Waals surface area contributed by atoms with Gasteiger partial charge in [-0.15, -0.1) is 0 Å². The van der Waals surface area contributed by atoms with Crippen molar-refractivity contribution in [3.05, 3.63) is 29.3 Å². The fraction of sp³-hybridized carbons (Fsp3) is 0.438. The SMILES string of the molecule is CCSC1=NC(OC)C(C(N)=O)C(Nc2cc(C)cc(C)c2)=N1. The van der Waals surface area contributed by atoms with Crippen molar-refractivity contribution < 1.29 is 9.53 Å². The maximum Gasteiger partial charge on any atom is 0.232 e. The number of ether oxygens (including phenoxy) is 1. The minimum absolute atomic E-state index is 0.473. The molecule has 124 valence electrons. The van der Waals surface area contributed by atoms with E-state index >= 15 is 0 Å². The molecule has 0 bridgehead atoms. The van der Waals surface area contributed by atoms with Gasteiger partial charge in [-0.25, -0.2) is 9.98 Å². The van der Waals surface area contributed by atoms with Gasteiger partial charge >= 0.3 is 0 Å². The molecule has 0 spiro atoms. The van der Waals surface area contributed by atoms with Crippen LogP contribution in [0.4, 0.5) is 5.69 Å². The summed E-state index contributed by atoms with van der Waals surface area (Å²) in [7, 11) is 1.51. The van der Waals surface area contributed by atoms with Gasteiger partial charge in [0.2, 0.25) is 5.91 Å². The van der Waals surface area contributed by atoms with Crippen LogP contribution in [0.25, 0.3) is 0 Å². The average molecular weight is 334 g/mol. The number of amides is 1. The van der Waals surface area contributed by atoms with Gasteiger partial charge in [-0.2, -0.15) is 0 Å². The number of thioether (sulfide) groups is 1. The molecule has 1 aromatic carbocycles. The van der Waals surface area contributed by atoms with E-state index in [0.29, 0.717) is 11.0 Å². The van der Waals surface area contributed by atoms with Crippen molar-refractivity contribution in [2.45, 2.75) is 27.0 Å². The number of rotatable bonds is 4. The normalized spacial score (nSPS) is 20.7. The Morgan fingerprint density at radius 1 is 1.35 bits per heavy atom. The molecule has 0 radical (unpaired) electrons. The Kier molecular flexibility index (Phi) is 5.79. The van der Waals surface area contributed by atoms with E-state index in [1.165, 1.54) is 18.9 Å². The number of benzene rings is 1. The molecule has 1 aromatic rings. The van der Waals surface area contributed by atoms with Gasteiger partial charge in [-0.05, 0) is 42.9 Å². The van der Waals surface area contributed by atoms with Crippen LogP contribution in [-0.4, -0.2) is 36.0 Å². The van der Waals surface area contributed by atoms with Gasteiger partial charge in [0.1, 0.15) is 11.8 Å². The molecular weight excluding hydrogens is 312 g/mol. The maximum absolute atomic E-state index is 11.9. The van der Waals surface area contributed by atoms with Gasteiger partial charge < -0.3 is 15.8 Å². The lowest BCUT2D eigenvalue weighted by molar-refractivity contribution is -0.123. The zero-order chi connectivity index (χ0) is 17.0. The molecule has 7 heteroatoms. The summed E-state index contributed by atoms with van der Waals surface area (Å²) in [5.74, 6) is 0.0516. The van der Waals surface area contributed by atoms with Crippen LogP contribution >= 0.6 is 11.8 Å². The van der Waals surface area contributed by atoms with E-state index < -0.39 is 18.1 Å². The monoisotopic (exact) mass is 334 g/mol. The lowest BCUT2D eigenvalue weighted by atomic mass is 10.0. The standard InChI is InChI=1S/C16H22N4O2S/c1-5-23-16-19-14(12(13(17)21)15(20-16)22-4)18-11-7-9(2)6-10(3)8-11/h6-8,12,15H,5H2,1-4H3,(H2,17,21)(H,18,19,20). The van der Waals surface area contributed by atoms with Crippen molar-refractivity contribution in [1.82, 2.24) is 0 Å². The molecule has 0 saturated carbocycles. The number of aryl methyl sites for hydroxylation is 2. The summed E-state index contributed by atoms with van der Waals surface area (Å²) in [4.78, 5) is 20.7. The number of primary amides is 1. The number of anilines is 1. The second-order valence-corrected chi connectivity index (χ2v) is 6.58. The van der Waals surface area contributed by atoms with E-state index in [2.05, 4.69) is 21.4 Å². The van der Waals surface area contributed by atoms with Crippen LogP contribution < -0.4 is 11.1 Å². The number of nitrogens with two attached hydrogens (primary N) is 1. The van der Waals surface area contributed by atoms with E-state index in [0.717, 1.165) is 22.6 Å². The highest BCUT2D eigenvalue weighted by Gasteiger charge is 2.35. The third-order valence-electron chi connectivity index (χ3n) is 3.35. The van der Waals surface area contributed by atoms with Gasteiger partial charge in [0, 0.05) is 12.8 Å². The van der Waals surface area contributed by atoms with Crippen LogP contribution in [0.5, 0.6) is 0 Å². The first-order valence-electron chi connectivity index (χ1n) is 7.41. The van der Waals surface area contributed by atoms with Gasteiger partial charge in [0.05, 0.1) is 0 Å². The molecule has 0 aromatic heterocycles. The Bertz CT molecular complexity index is 637. The van der Waals surface area contributed by atoms with E-state index in [9.17, 15) is 4.79 Å². The quantitative estimate of drug-likeness (QED) is 0.884. The highest BCUT2D eigenvalue weighted by Crippen LogP contribution is 2.23. The first kappa shape index (κ1) is 17.5. The molecule has 23 heavy (non-hydrogen) atoms. The van der Waals surface area contributed by atoms with E-state index in [4.69, 9.17) is 10.5 Å². The van der Waals surface area contributed by atoms with Gasteiger partial charge in [0.25, 0.3) is 0 Å². The number of nitrogens with zero attached hydrogens (tertiary/aromatic N) is 2. The minimum Gasteiger partial charge on any atom is -0.369 e. The molecule has 1 amide bonds. The minimum atomic E-state index is -0.734. The van der Waals surface area contributed by atoms with Crippen molar-refractivity contribution in [1.29, 1.82) is 0 Å². The summed E-state index contributed by atoms with van der Waals surface area (Å²) < 4.78 is 5.33. The van der Waals surface area contributed by atoms with Crippen LogP contribution in [0, 0.1) is 19.8 Å².